The summed E-state index contributed by atoms with van der Waals surface area (Å²) in [5.41, 5.74) is 1.09. The fraction of sp³-hybridized carbons (Fsp3) is 0.692. The number of hydrogen-bond donors (Lipinski definition) is 0. The van der Waals surface area contributed by atoms with Gasteiger partial charge in [0, 0.05) is 5.92 Å². The van der Waals surface area contributed by atoms with E-state index in [1.165, 1.54) is 6.42 Å². The maximum atomic E-state index is 6.24. The number of fused-ring (bicyclic) bond motifs is 2. The van der Waals surface area contributed by atoms with Crippen molar-refractivity contribution in [3.8, 4) is 0 Å². The first kappa shape index (κ1) is 13.1. The van der Waals surface area contributed by atoms with Crippen LogP contribution in [0.4, 0.5) is 0 Å². The Morgan fingerprint density at radius 3 is 2.83 bits per heavy atom. The lowest BCUT2D eigenvalue weighted by Gasteiger charge is -2.18. The average Bonchev–Trinajstić information content (AvgIpc) is 2.97. The van der Waals surface area contributed by atoms with Gasteiger partial charge in [-0.3, -0.25) is 0 Å². The summed E-state index contributed by atoms with van der Waals surface area (Å²) in [5.74, 6) is 1.25. The number of ether oxygens (including phenoxy) is 1. The Balaban J connectivity index is 1.92. The van der Waals surface area contributed by atoms with Gasteiger partial charge in [-0.15, -0.1) is 0 Å². The van der Waals surface area contributed by atoms with Gasteiger partial charge in [-0.2, -0.15) is 0 Å². The molecule has 2 aliphatic heterocycles. The van der Waals surface area contributed by atoms with Crippen LogP contribution in [0, 0.1) is 3.57 Å². The molecule has 1 aromatic rings. The van der Waals surface area contributed by atoms with Crippen molar-refractivity contribution in [2.24, 2.45) is 0 Å². The van der Waals surface area contributed by atoms with Gasteiger partial charge < -0.3 is 4.74 Å². The molecular weight excluding hydrogens is 363 g/mol. The van der Waals surface area contributed by atoms with E-state index in [0.717, 1.165) is 40.8 Å². The first-order valence-corrected chi connectivity index (χ1v) is 8.02. The molecule has 0 radical (unpaired) electrons. The molecule has 0 aromatic carbocycles. The van der Waals surface area contributed by atoms with E-state index < -0.39 is 0 Å². The minimum atomic E-state index is 0.320. The van der Waals surface area contributed by atoms with E-state index in [0.29, 0.717) is 23.3 Å². The van der Waals surface area contributed by atoms with Gasteiger partial charge in [-0.1, -0.05) is 24.9 Å². The number of aromatic nitrogens is 2. The van der Waals surface area contributed by atoms with Gasteiger partial charge in [-0.05, 0) is 48.3 Å². The van der Waals surface area contributed by atoms with Crippen LogP contribution in [-0.2, 0) is 11.2 Å². The molecule has 3 unspecified atom stereocenters. The number of nitrogens with zero attached hydrogens (tertiary/aromatic N) is 2. The van der Waals surface area contributed by atoms with E-state index in [9.17, 15) is 0 Å². The summed E-state index contributed by atoms with van der Waals surface area (Å²) >= 11 is 8.48. The van der Waals surface area contributed by atoms with Crippen LogP contribution in [0.1, 0.15) is 50.0 Å². The minimum Gasteiger partial charge on any atom is -0.374 e. The molecule has 3 atom stereocenters. The lowest BCUT2D eigenvalue weighted by atomic mass is 9.88. The predicted molar refractivity (Wildman–Crippen MR) is 79.0 cm³/mol. The normalized spacial score (nSPS) is 30.1. The van der Waals surface area contributed by atoms with Gasteiger partial charge in [0.1, 0.15) is 11.0 Å². The van der Waals surface area contributed by atoms with Crippen LogP contribution in [0.3, 0.4) is 0 Å². The molecule has 3 nitrogen and oxygen atoms in total. The Morgan fingerprint density at radius 2 is 2.22 bits per heavy atom. The maximum Gasteiger partial charge on any atom is 0.146 e. The number of halogens is 2. The van der Waals surface area contributed by atoms with E-state index >= 15 is 0 Å². The number of aryl methyl sites for hydroxylation is 1. The third-order valence-corrected chi connectivity index (χ3v) is 5.55. The van der Waals surface area contributed by atoms with Crippen molar-refractivity contribution < 1.29 is 4.74 Å². The van der Waals surface area contributed by atoms with Crippen LogP contribution in [0.15, 0.2) is 0 Å². The fourth-order valence-corrected chi connectivity index (χ4v) is 3.67. The zero-order chi connectivity index (χ0) is 12.7. The molecule has 0 saturated carbocycles. The maximum absolute atomic E-state index is 6.24. The van der Waals surface area contributed by atoms with Crippen LogP contribution in [0.25, 0.3) is 0 Å². The summed E-state index contributed by atoms with van der Waals surface area (Å²) in [6, 6.07) is 0. The van der Waals surface area contributed by atoms with Crippen LogP contribution < -0.4 is 0 Å². The summed E-state index contributed by atoms with van der Waals surface area (Å²) in [4.78, 5) is 9.22. The third kappa shape index (κ3) is 2.27. The molecule has 3 rings (SSSR count). The number of rotatable bonds is 3. The van der Waals surface area contributed by atoms with Crippen molar-refractivity contribution >= 4 is 34.2 Å². The molecule has 2 saturated heterocycles. The fourth-order valence-electron chi connectivity index (χ4n) is 2.96. The van der Waals surface area contributed by atoms with Gasteiger partial charge >= 0.3 is 0 Å². The van der Waals surface area contributed by atoms with E-state index in [4.69, 9.17) is 21.3 Å². The Kier molecular flexibility index (Phi) is 3.78. The molecule has 98 valence electrons. The summed E-state index contributed by atoms with van der Waals surface area (Å²) in [7, 11) is 0. The smallest absolute Gasteiger partial charge is 0.146 e. The predicted octanol–water partition coefficient (Wildman–Crippen LogP) is 3.72. The zero-order valence-corrected chi connectivity index (χ0v) is 13.2. The highest BCUT2D eigenvalue weighted by molar-refractivity contribution is 14.1. The molecule has 2 fully saturated rings. The van der Waals surface area contributed by atoms with Crippen molar-refractivity contribution in [1.82, 2.24) is 9.97 Å². The first-order valence-electron chi connectivity index (χ1n) is 6.56. The van der Waals surface area contributed by atoms with Crippen molar-refractivity contribution in [2.45, 2.75) is 57.2 Å². The molecule has 0 spiro atoms. The lowest BCUT2D eigenvalue weighted by molar-refractivity contribution is 0.0998. The minimum absolute atomic E-state index is 0.320. The molecule has 18 heavy (non-hydrogen) atoms. The van der Waals surface area contributed by atoms with E-state index in [-0.39, 0.29) is 0 Å². The van der Waals surface area contributed by atoms with Gasteiger partial charge in [-0.25, -0.2) is 9.97 Å². The zero-order valence-electron chi connectivity index (χ0n) is 10.3. The van der Waals surface area contributed by atoms with Gasteiger partial charge in [0.2, 0.25) is 0 Å². The van der Waals surface area contributed by atoms with Crippen LogP contribution in [0.5, 0.6) is 0 Å². The van der Waals surface area contributed by atoms with Crippen LogP contribution >= 0.6 is 34.2 Å². The lowest BCUT2D eigenvalue weighted by Crippen LogP contribution is -2.18. The Labute approximate surface area is 126 Å². The SMILES string of the molecule is CCCc1nc(C2CC3CCC2O3)nc(Cl)c1I. The monoisotopic (exact) mass is 378 g/mol. The van der Waals surface area contributed by atoms with Gasteiger partial charge in [0.05, 0.1) is 21.5 Å². The van der Waals surface area contributed by atoms with Crippen molar-refractivity contribution in [3.05, 3.63) is 20.2 Å². The molecule has 0 N–H and O–H groups in total. The second-order valence-electron chi connectivity index (χ2n) is 5.10. The van der Waals surface area contributed by atoms with Gasteiger partial charge in [0.25, 0.3) is 0 Å². The molecule has 0 amide bonds. The van der Waals surface area contributed by atoms with Crippen molar-refractivity contribution in [3.63, 3.8) is 0 Å². The summed E-state index contributed by atoms with van der Waals surface area (Å²) < 4.78 is 6.89. The Hall–Kier alpha value is 0.0600. The number of hydrogen-bond acceptors (Lipinski definition) is 3. The molecular formula is C13H16ClIN2O. The molecule has 2 bridgehead atoms. The largest absolute Gasteiger partial charge is 0.374 e. The topological polar surface area (TPSA) is 35.0 Å². The second-order valence-corrected chi connectivity index (χ2v) is 6.54. The van der Waals surface area contributed by atoms with Crippen LogP contribution in [0.2, 0.25) is 5.15 Å². The van der Waals surface area contributed by atoms with Gasteiger partial charge in [0.15, 0.2) is 0 Å². The highest BCUT2D eigenvalue weighted by Gasteiger charge is 2.43. The molecule has 5 heteroatoms. The Bertz CT molecular complexity index is 469. The molecule has 3 heterocycles. The highest BCUT2D eigenvalue weighted by Crippen LogP contribution is 2.43. The summed E-state index contributed by atoms with van der Waals surface area (Å²) in [6.07, 6.45) is 6.20. The molecule has 1 aromatic heterocycles. The van der Waals surface area contributed by atoms with E-state index in [1.807, 2.05) is 0 Å². The van der Waals surface area contributed by atoms with Crippen LogP contribution in [-0.4, -0.2) is 22.2 Å². The first-order chi connectivity index (χ1) is 8.69. The average molecular weight is 379 g/mol. The third-order valence-electron chi connectivity index (χ3n) is 3.82. The summed E-state index contributed by atoms with van der Waals surface area (Å²) in [6.45, 7) is 2.16. The van der Waals surface area contributed by atoms with E-state index in [1.54, 1.807) is 0 Å². The van der Waals surface area contributed by atoms with Crippen molar-refractivity contribution in [1.29, 1.82) is 0 Å². The second kappa shape index (κ2) is 5.21. The molecule has 2 aliphatic rings. The molecule has 0 aliphatic carbocycles. The quantitative estimate of drug-likeness (QED) is 0.594. The summed E-state index contributed by atoms with van der Waals surface area (Å²) in [5, 5.41) is 0.604. The van der Waals surface area contributed by atoms with Crippen molar-refractivity contribution in [2.75, 3.05) is 0 Å². The Morgan fingerprint density at radius 1 is 1.39 bits per heavy atom. The highest BCUT2D eigenvalue weighted by atomic mass is 127. The van der Waals surface area contributed by atoms with E-state index in [2.05, 4.69) is 34.5 Å². The standard InChI is InChI=1S/C13H16ClIN2O/c1-2-3-9-11(15)12(14)17-13(16-9)8-6-7-4-5-10(8)18-7/h7-8,10H,2-6H2,1H3.